The van der Waals surface area contributed by atoms with Crippen molar-refractivity contribution in [3.8, 4) is 0 Å². The van der Waals surface area contributed by atoms with E-state index in [2.05, 4.69) is 0 Å². The summed E-state index contributed by atoms with van der Waals surface area (Å²) in [6, 6.07) is -0.350. The average Bonchev–Trinajstić information content (AvgIpc) is 2.31. The van der Waals surface area contributed by atoms with E-state index in [1.54, 1.807) is 23.8 Å². The molecule has 1 saturated heterocycles. The zero-order chi connectivity index (χ0) is 11.4. The van der Waals surface area contributed by atoms with Crippen LogP contribution in [0.1, 0.15) is 19.8 Å². The fraction of sp³-hybridized carbons (Fsp3) is 0.800. The van der Waals surface area contributed by atoms with Gasteiger partial charge in [-0.1, -0.05) is 0 Å². The monoisotopic (exact) mass is 213 g/mol. The van der Waals surface area contributed by atoms with E-state index in [1.807, 2.05) is 0 Å². The number of hydrogen-bond donors (Lipinski definition) is 1. The van der Waals surface area contributed by atoms with Gasteiger partial charge >= 0.3 is 0 Å². The summed E-state index contributed by atoms with van der Waals surface area (Å²) in [5.74, 6) is 0.0616. The van der Waals surface area contributed by atoms with Gasteiger partial charge in [0.05, 0.1) is 0 Å². The number of hydrogen-bond acceptors (Lipinski definition) is 3. The normalized spacial score (nSPS) is 23.3. The van der Waals surface area contributed by atoms with Gasteiger partial charge in [0.25, 0.3) is 0 Å². The first-order chi connectivity index (χ1) is 7.07. The second kappa shape index (κ2) is 5.11. The fourth-order valence-electron chi connectivity index (χ4n) is 1.77. The molecule has 0 aromatic heterocycles. The van der Waals surface area contributed by atoms with Crippen molar-refractivity contribution in [3.05, 3.63) is 0 Å². The Balaban J connectivity index is 2.72. The van der Waals surface area contributed by atoms with E-state index in [0.717, 1.165) is 6.42 Å². The lowest BCUT2D eigenvalue weighted by atomic mass is 10.2. The van der Waals surface area contributed by atoms with E-state index in [1.165, 1.54) is 0 Å². The number of nitrogens with zero attached hydrogens (tertiary/aromatic N) is 2. The number of likely N-dealkylation sites (N-methyl/N-ethyl adjacent to an activating group) is 1. The minimum atomic E-state index is -0.350. The number of carbonyl (C=O) groups excluding carboxylic acids is 2. The average molecular weight is 213 g/mol. The molecule has 5 nitrogen and oxygen atoms in total. The van der Waals surface area contributed by atoms with Crippen LogP contribution in [-0.2, 0) is 9.59 Å². The maximum atomic E-state index is 11.8. The molecule has 0 aromatic carbocycles. The molecule has 0 aliphatic carbocycles. The first-order valence-electron chi connectivity index (χ1n) is 5.32. The summed E-state index contributed by atoms with van der Waals surface area (Å²) in [6.07, 6.45) is 1.16. The van der Waals surface area contributed by atoms with Crippen LogP contribution in [0, 0.1) is 0 Å². The molecule has 86 valence electrons. The van der Waals surface area contributed by atoms with Gasteiger partial charge in [-0.2, -0.15) is 0 Å². The summed E-state index contributed by atoms with van der Waals surface area (Å²) in [7, 11) is 1.73. The second-order valence-electron chi connectivity index (χ2n) is 3.92. The molecular formula is C10H19N3O2. The molecule has 2 amide bonds. The maximum absolute atomic E-state index is 11.8. The van der Waals surface area contributed by atoms with Crippen LogP contribution < -0.4 is 5.73 Å². The Kier molecular flexibility index (Phi) is 4.08. The van der Waals surface area contributed by atoms with Gasteiger partial charge in [-0.15, -0.1) is 0 Å². The molecule has 5 heteroatoms. The molecule has 0 aromatic rings. The van der Waals surface area contributed by atoms with E-state index in [0.29, 0.717) is 26.1 Å². The van der Waals surface area contributed by atoms with Crippen molar-refractivity contribution < 1.29 is 9.59 Å². The highest BCUT2D eigenvalue weighted by Gasteiger charge is 2.30. The SMILES string of the molecule is CC1C(=O)N(C)CCC(=O)N1CCCN. The topological polar surface area (TPSA) is 66.6 Å². The predicted molar refractivity (Wildman–Crippen MR) is 57.1 cm³/mol. The molecule has 0 radical (unpaired) electrons. The van der Waals surface area contributed by atoms with Crippen LogP contribution in [0.3, 0.4) is 0 Å². The molecule has 1 heterocycles. The molecule has 0 saturated carbocycles. The summed E-state index contributed by atoms with van der Waals surface area (Å²) >= 11 is 0. The van der Waals surface area contributed by atoms with Gasteiger partial charge in [-0.25, -0.2) is 0 Å². The van der Waals surface area contributed by atoms with Gasteiger partial charge < -0.3 is 15.5 Å². The van der Waals surface area contributed by atoms with Gasteiger partial charge in [-0.05, 0) is 19.9 Å². The fourth-order valence-corrected chi connectivity index (χ4v) is 1.77. The highest BCUT2D eigenvalue weighted by molar-refractivity contribution is 5.89. The molecule has 1 aliphatic rings. The zero-order valence-corrected chi connectivity index (χ0v) is 9.40. The number of amides is 2. The van der Waals surface area contributed by atoms with Gasteiger partial charge in [0.2, 0.25) is 11.8 Å². The Morgan fingerprint density at radius 2 is 2.13 bits per heavy atom. The highest BCUT2D eigenvalue weighted by atomic mass is 16.2. The Hall–Kier alpha value is -1.10. The molecule has 15 heavy (non-hydrogen) atoms. The van der Waals surface area contributed by atoms with Crippen molar-refractivity contribution in [2.75, 3.05) is 26.7 Å². The van der Waals surface area contributed by atoms with Crippen LogP contribution in [0.25, 0.3) is 0 Å². The van der Waals surface area contributed by atoms with Crippen LogP contribution in [0.2, 0.25) is 0 Å². The van der Waals surface area contributed by atoms with Gasteiger partial charge in [0.15, 0.2) is 0 Å². The highest BCUT2D eigenvalue weighted by Crippen LogP contribution is 2.11. The third-order valence-corrected chi connectivity index (χ3v) is 2.79. The molecule has 0 spiro atoms. The van der Waals surface area contributed by atoms with Crippen LogP contribution in [-0.4, -0.2) is 54.3 Å². The molecule has 1 unspecified atom stereocenters. The van der Waals surface area contributed by atoms with Crippen molar-refractivity contribution in [3.63, 3.8) is 0 Å². The Morgan fingerprint density at radius 1 is 1.47 bits per heavy atom. The minimum absolute atomic E-state index is 0.0119. The third-order valence-electron chi connectivity index (χ3n) is 2.79. The molecule has 0 bridgehead atoms. The van der Waals surface area contributed by atoms with E-state index in [-0.39, 0.29) is 17.9 Å². The molecule has 1 fully saturated rings. The van der Waals surface area contributed by atoms with Crippen LogP contribution >= 0.6 is 0 Å². The van der Waals surface area contributed by atoms with Crippen LogP contribution in [0.4, 0.5) is 0 Å². The summed E-state index contributed by atoms with van der Waals surface area (Å²) in [6.45, 7) is 3.41. The van der Waals surface area contributed by atoms with Crippen LogP contribution in [0.15, 0.2) is 0 Å². The summed E-state index contributed by atoms with van der Waals surface area (Å²) < 4.78 is 0. The zero-order valence-electron chi connectivity index (χ0n) is 9.40. The summed E-state index contributed by atoms with van der Waals surface area (Å²) in [5, 5.41) is 0. The Labute approximate surface area is 90.2 Å². The predicted octanol–water partition coefficient (Wildman–Crippen LogP) is -0.586. The lowest BCUT2D eigenvalue weighted by Gasteiger charge is -2.26. The number of nitrogens with two attached hydrogens (primary N) is 1. The maximum Gasteiger partial charge on any atom is 0.244 e. The first-order valence-corrected chi connectivity index (χ1v) is 5.32. The Morgan fingerprint density at radius 3 is 2.73 bits per heavy atom. The summed E-state index contributed by atoms with van der Waals surface area (Å²) in [5.41, 5.74) is 5.40. The minimum Gasteiger partial charge on any atom is -0.343 e. The number of rotatable bonds is 3. The molecule has 2 N–H and O–H groups in total. The second-order valence-corrected chi connectivity index (χ2v) is 3.92. The van der Waals surface area contributed by atoms with Gasteiger partial charge in [0.1, 0.15) is 6.04 Å². The van der Waals surface area contributed by atoms with Gasteiger partial charge in [-0.3, -0.25) is 9.59 Å². The first kappa shape index (κ1) is 12.0. The van der Waals surface area contributed by atoms with E-state index >= 15 is 0 Å². The largest absolute Gasteiger partial charge is 0.343 e. The van der Waals surface area contributed by atoms with Crippen molar-refractivity contribution in [2.45, 2.75) is 25.8 Å². The summed E-state index contributed by atoms with van der Waals surface area (Å²) in [4.78, 5) is 26.7. The molecule has 1 atom stereocenters. The molecule has 1 rings (SSSR count). The number of carbonyl (C=O) groups is 2. The van der Waals surface area contributed by atoms with Crippen molar-refractivity contribution in [1.29, 1.82) is 0 Å². The van der Waals surface area contributed by atoms with Crippen molar-refractivity contribution >= 4 is 11.8 Å². The quantitative estimate of drug-likeness (QED) is 0.681. The smallest absolute Gasteiger partial charge is 0.244 e. The lowest BCUT2D eigenvalue weighted by Crippen LogP contribution is -2.45. The van der Waals surface area contributed by atoms with E-state index in [4.69, 9.17) is 5.73 Å². The van der Waals surface area contributed by atoms with Crippen LogP contribution in [0.5, 0.6) is 0 Å². The van der Waals surface area contributed by atoms with Gasteiger partial charge in [0, 0.05) is 26.6 Å². The third kappa shape index (κ3) is 2.68. The van der Waals surface area contributed by atoms with Crippen molar-refractivity contribution in [1.82, 2.24) is 9.80 Å². The standard InChI is InChI=1S/C10H19N3O2/c1-8-10(15)12(2)7-4-9(14)13(8)6-3-5-11/h8H,3-7,11H2,1-2H3. The van der Waals surface area contributed by atoms with E-state index in [9.17, 15) is 9.59 Å². The lowest BCUT2D eigenvalue weighted by molar-refractivity contribution is -0.140. The molecular weight excluding hydrogens is 194 g/mol. The Bertz CT molecular complexity index is 255. The van der Waals surface area contributed by atoms with E-state index < -0.39 is 0 Å². The molecule has 1 aliphatic heterocycles. The van der Waals surface area contributed by atoms with Crippen molar-refractivity contribution in [2.24, 2.45) is 5.73 Å².